The molecule has 0 amide bonds. The normalized spacial score (nSPS) is 0. The molecule has 3 radical (unpaired) electrons. The second-order valence-electron chi connectivity index (χ2n) is 0. The Morgan fingerprint density at radius 1 is 1.00 bits per heavy atom. The van der Waals surface area contributed by atoms with Crippen LogP contribution in [-0.4, -0.2) is 0 Å². The zero-order valence-corrected chi connectivity index (χ0v) is 13.1. The van der Waals surface area contributed by atoms with Crippen LogP contribution in [0.2, 0.25) is 0 Å². The summed E-state index contributed by atoms with van der Waals surface area (Å²) in [5, 5.41) is 0. The monoisotopic (exact) mass is 695 g/mol. The van der Waals surface area contributed by atoms with Crippen molar-refractivity contribution in [3.8, 4) is 0 Å². The SMILES string of the molecule is [Fe].[Mn].[Os].[Re].[Rh].[Ru]. The second kappa shape index (κ2) is 38.4. The molecule has 0 fully saturated rings. The molecule has 0 heterocycles. The molecule has 0 aliphatic heterocycles. The quantitative estimate of drug-likeness (QED) is 0.314. The fourth-order valence-electron chi connectivity index (χ4n) is 0. The molecule has 6 heavy (non-hydrogen) atoms. The first-order chi connectivity index (χ1) is 0. The summed E-state index contributed by atoms with van der Waals surface area (Å²) in [7, 11) is 0. The van der Waals surface area contributed by atoms with Gasteiger partial charge in [0, 0.05) is 113 Å². The Hall–Kier alpha value is 3.58. The molecule has 0 aliphatic rings. The van der Waals surface area contributed by atoms with Gasteiger partial charge in [0.25, 0.3) is 0 Å². The van der Waals surface area contributed by atoms with Crippen molar-refractivity contribution >= 4 is 0 Å². The molecule has 47 valence electrons. The van der Waals surface area contributed by atoms with E-state index in [2.05, 4.69) is 0 Å². The molecule has 6 heteroatoms. The minimum Gasteiger partial charge on any atom is 0 e. The molecule has 0 atom stereocenters. The van der Waals surface area contributed by atoms with Crippen LogP contribution in [0.4, 0.5) is 0 Å². The molecule has 0 aliphatic carbocycles. The molecule has 0 aromatic carbocycles. The second-order valence-corrected chi connectivity index (χ2v) is 0. The zero-order chi connectivity index (χ0) is 0. The van der Waals surface area contributed by atoms with Crippen LogP contribution in [0, 0.1) is 0 Å². The van der Waals surface area contributed by atoms with Crippen LogP contribution in [0.5, 0.6) is 0 Å². The van der Waals surface area contributed by atoms with Crippen molar-refractivity contribution < 1.29 is 113 Å². The van der Waals surface area contributed by atoms with Crippen molar-refractivity contribution in [2.24, 2.45) is 0 Å². The van der Waals surface area contributed by atoms with E-state index in [0.717, 1.165) is 0 Å². The number of rotatable bonds is 0. The molecular weight excluding hydrogens is 691 g/mol. The van der Waals surface area contributed by atoms with Gasteiger partial charge in [0.1, 0.15) is 0 Å². The topological polar surface area (TPSA) is 0 Å². The van der Waals surface area contributed by atoms with Crippen molar-refractivity contribution in [3.05, 3.63) is 0 Å². The van der Waals surface area contributed by atoms with Crippen LogP contribution in [0.25, 0.3) is 0 Å². The van der Waals surface area contributed by atoms with Gasteiger partial charge in [-0.2, -0.15) is 0 Å². The van der Waals surface area contributed by atoms with Crippen molar-refractivity contribution in [1.82, 2.24) is 0 Å². The van der Waals surface area contributed by atoms with E-state index in [1.807, 2.05) is 0 Å². The summed E-state index contributed by atoms with van der Waals surface area (Å²) >= 11 is 0. The minimum atomic E-state index is 0. The molecule has 0 unspecified atom stereocenters. The molecule has 0 saturated heterocycles. The summed E-state index contributed by atoms with van der Waals surface area (Å²) in [5.74, 6) is 0. The summed E-state index contributed by atoms with van der Waals surface area (Å²) in [6.45, 7) is 0. The van der Waals surface area contributed by atoms with Gasteiger partial charge in [-0.25, -0.2) is 0 Å². The smallest absolute Gasteiger partial charge is 0 e. The molecule has 0 saturated carbocycles. The molecule has 0 bridgehead atoms. The van der Waals surface area contributed by atoms with Crippen LogP contribution in [0.3, 0.4) is 0 Å². The van der Waals surface area contributed by atoms with Crippen LogP contribution >= 0.6 is 0 Å². The Balaban J connectivity index is 0. The van der Waals surface area contributed by atoms with Crippen molar-refractivity contribution in [3.63, 3.8) is 0 Å². The summed E-state index contributed by atoms with van der Waals surface area (Å²) in [6.07, 6.45) is 0. The third-order valence-electron chi connectivity index (χ3n) is 0. The molecule has 0 rings (SSSR count). The molecule has 0 nitrogen and oxygen atoms in total. The standard InChI is InChI=1S/Fe.Mn.Os.Re.Rh.Ru. The first kappa shape index (κ1) is 55.0. The maximum atomic E-state index is 0. The molecule has 0 spiro atoms. The van der Waals surface area contributed by atoms with E-state index in [1.165, 1.54) is 0 Å². The van der Waals surface area contributed by atoms with Crippen LogP contribution in [0.1, 0.15) is 0 Å². The van der Waals surface area contributed by atoms with Gasteiger partial charge in [-0.15, -0.1) is 0 Å². The van der Waals surface area contributed by atoms with E-state index >= 15 is 0 Å². The number of hydrogen-bond acceptors (Lipinski definition) is 0. The van der Waals surface area contributed by atoms with Gasteiger partial charge in [0.15, 0.2) is 0 Å². The fourth-order valence-corrected chi connectivity index (χ4v) is 0. The average molecular weight is 691 g/mol. The summed E-state index contributed by atoms with van der Waals surface area (Å²) < 4.78 is 0. The predicted octanol–water partition coefficient (Wildman–Crippen LogP) is -0.0150. The first-order valence-corrected chi connectivity index (χ1v) is 0. The maximum absolute atomic E-state index is 0. The zero-order valence-electron chi connectivity index (χ0n) is 2.15. The Labute approximate surface area is 111 Å². The van der Waals surface area contributed by atoms with Gasteiger partial charge < -0.3 is 0 Å². The van der Waals surface area contributed by atoms with E-state index < -0.39 is 0 Å². The van der Waals surface area contributed by atoms with E-state index in [0.29, 0.717) is 0 Å². The molecule has 0 N–H and O–H groups in total. The Morgan fingerprint density at radius 3 is 1.00 bits per heavy atom. The third kappa shape index (κ3) is 25.6. The first-order valence-electron chi connectivity index (χ1n) is 0. The molecule has 0 aromatic heterocycles. The van der Waals surface area contributed by atoms with Gasteiger partial charge >= 0.3 is 0 Å². The van der Waals surface area contributed by atoms with E-state index in [1.54, 1.807) is 0 Å². The Bertz CT molecular complexity index is 15.5. The minimum absolute atomic E-state index is 0. The summed E-state index contributed by atoms with van der Waals surface area (Å²) in [5.41, 5.74) is 0. The summed E-state index contributed by atoms with van der Waals surface area (Å²) in [4.78, 5) is 0. The van der Waals surface area contributed by atoms with Crippen LogP contribution < -0.4 is 0 Å². The Kier molecular flexibility index (Phi) is 352. The number of hydrogen-bond donors (Lipinski definition) is 0. The van der Waals surface area contributed by atoms with Gasteiger partial charge in [-0.05, 0) is 0 Å². The third-order valence-corrected chi connectivity index (χ3v) is 0. The van der Waals surface area contributed by atoms with Crippen LogP contribution in [0.15, 0.2) is 0 Å². The average Bonchev–Trinajstić information content (AvgIpc) is 0. The van der Waals surface area contributed by atoms with E-state index in [9.17, 15) is 0 Å². The van der Waals surface area contributed by atoms with Crippen LogP contribution in [-0.2, 0) is 113 Å². The van der Waals surface area contributed by atoms with Crippen molar-refractivity contribution in [1.29, 1.82) is 0 Å². The van der Waals surface area contributed by atoms with Gasteiger partial charge in [0.2, 0.25) is 0 Å². The van der Waals surface area contributed by atoms with Gasteiger partial charge in [-0.1, -0.05) is 0 Å². The van der Waals surface area contributed by atoms with Gasteiger partial charge in [-0.3, -0.25) is 0 Å². The Morgan fingerprint density at radius 2 is 1.00 bits per heavy atom. The maximum Gasteiger partial charge on any atom is 0 e. The van der Waals surface area contributed by atoms with Gasteiger partial charge in [0.05, 0.1) is 0 Å². The van der Waals surface area contributed by atoms with E-state index in [4.69, 9.17) is 0 Å². The largest absolute Gasteiger partial charge is 0 e. The van der Waals surface area contributed by atoms with Crippen molar-refractivity contribution in [2.75, 3.05) is 0 Å². The molecule has 0 aromatic rings. The predicted molar refractivity (Wildman–Crippen MR) is 0 cm³/mol. The fraction of sp³-hybridized carbons (Fsp3) is 0. The van der Waals surface area contributed by atoms with Crippen molar-refractivity contribution in [2.45, 2.75) is 0 Å². The summed E-state index contributed by atoms with van der Waals surface area (Å²) in [6, 6.07) is 0. The van der Waals surface area contributed by atoms with E-state index in [-0.39, 0.29) is 113 Å². The molecular formula is FeMnOsReRhRu.